The number of nitrogens with zero attached hydrogens (tertiary/aromatic N) is 5. The fraction of sp³-hybridized carbons (Fsp3) is 0.116. The van der Waals surface area contributed by atoms with E-state index in [4.69, 9.17) is 15.0 Å². The van der Waals surface area contributed by atoms with E-state index in [9.17, 15) is 4.79 Å². The van der Waals surface area contributed by atoms with Gasteiger partial charge in [0.15, 0.2) is 17.5 Å². The van der Waals surface area contributed by atoms with Gasteiger partial charge in [0.25, 0.3) is 0 Å². The third-order valence-electron chi connectivity index (χ3n) is 10.2. The maximum absolute atomic E-state index is 12.6. The van der Waals surface area contributed by atoms with Crippen molar-refractivity contribution in [1.82, 2.24) is 24.1 Å². The molecule has 0 saturated carbocycles. The van der Waals surface area contributed by atoms with E-state index in [2.05, 4.69) is 92.7 Å². The van der Waals surface area contributed by atoms with Crippen molar-refractivity contribution >= 4 is 21.8 Å². The van der Waals surface area contributed by atoms with Crippen LogP contribution >= 0.6 is 0 Å². The maximum Gasteiger partial charge on any atom is 0.328 e. The predicted octanol–water partition coefficient (Wildman–Crippen LogP) is 9.19. The Kier molecular flexibility index (Phi) is 6.33. The smallest absolute Gasteiger partial charge is 0.295 e. The Bertz CT molecular complexity index is 2680. The highest BCUT2D eigenvalue weighted by atomic mass is 16.1. The summed E-state index contributed by atoms with van der Waals surface area (Å²) in [5, 5.41) is 2.51. The van der Waals surface area contributed by atoms with Gasteiger partial charge in [-0.3, -0.25) is 9.13 Å². The molecule has 1 aliphatic carbocycles. The maximum atomic E-state index is 12.6. The summed E-state index contributed by atoms with van der Waals surface area (Å²) >= 11 is 0. The summed E-state index contributed by atoms with van der Waals surface area (Å²) in [6.45, 7) is 4.61. The van der Waals surface area contributed by atoms with E-state index in [0.29, 0.717) is 17.5 Å². The summed E-state index contributed by atoms with van der Waals surface area (Å²) in [6.07, 6.45) is 0. The first-order valence-corrected chi connectivity index (χ1v) is 16.5. The molecule has 0 radical (unpaired) electrons. The number of imidazole rings is 1. The van der Waals surface area contributed by atoms with Crippen LogP contribution < -0.4 is 5.69 Å². The minimum absolute atomic E-state index is 0.0423. The number of hydrogen-bond acceptors (Lipinski definition) is 4. The van der Waals surface area contributed by atoms with E-state index in [-0.39, 0.29) is 11.1 Å². The quantitative estimate of drug-likeness (QED) is 0.193. The zero-order chi connectivity index (χ0) is 33.4. The number of aryl methyl sites for hydroxylation is 2. The van der Waals surface area contributed by atoms with Gasteiger partial charge in [0.2, 0.25) is 0 Å². The molecule has 0 spiro atoms. The minimum atomic E-state index is -0.180. The molecule has 49 heavy (non-hydrogen) atoms. The lowest BCUT2D eigenvalue weighted by molar-refractivity contribution is 0.661. The summed E-state index contributed by atoms with van der Waals surface area (Å²) in [5.41, 5.74) is 11.5. The fourth-order valence-corrected chi connectivity index (χ4v) is 7.44. The van der Waals surface area contributed by atoms with Crippen LogP contribution in [0.3, 0.4) is 0 Å². The second kappa shape index (κ2) is 10.7. The average molecular weight is 636 g/mol. The van der Waals surface area contributed by atoms with Crippen LogP contribution in [0.15, 0.2) is 132 Å². The number of fused-ring (bicyclic) bond motifs is 5. The van der Waals surface area contributed by atoms with Crippen molar-refractivity contribution in [2.24, 2.45) is 14.1 Å². The van der Waals surface area contributed by atoms with E-state index >= 15 is 0 Å². The lowest BCUT2D eigenvalue weighted by atomic mass is 9.81. The van der Waals surface area contributed by atoms with Crippen molar-refractivity contribution in [3.05, 3.63) is 149 Å². The van der Waals surface area contributed by atoms with Gasteiger partial charge in [0.1, 0.15) is 0 Å². The number of hydrogen-bond donors (Lipinski definition) is 0. The highest BCUT2D eigenvalue weighted by Crippen LogP contribution is 2.50. The first-order valence-electron chi connectivity index (χ1n) is 16.5. The van der Waals surface area contributed by atoms with Gasteiger partial charge in [-0.2, -0.15) is 0 Å². The third kappa shape index (κ3) is 4.55. The summed E-state index contributed by atoms with van der Waals surface area (Å²) < 4.78 is 3.36. The molecular weight excluding hydrogens is 603 g/mol. The van der Waals surface area contributed by atoms with Crippen molar-refractivity contribution < 1.29 is 0 Å². The van der Waals surface area contributed by atoms with E-state index in [1.54, 1.807) is 16.2 Å². The highest BCUT2D eigenvalue weighted by Gasteiger charge is 2.36. The van der Waals surface area contributed by atoms with Crippen LogP contribution in [-0.2, 0) is 19.5 Å². The van der Waals surface area contributed by atoms with Gasteiger partial charge in [-0.25, -0.2) is 19.7 Å². The van der Waals surface area contributed by atoms with Gasteiger partial charge >= 0.3 is 5.69 Å². The molecule has 0 atom stereocenters. The van der Waals surface area contributed by atoms with Gasteiger partial charge in [0, 0.05) is 36.2 Å². The summed E-state index contributed by atoms with van der Waals surface area (Å²) in [5.74, 6) is 1.86. The Morgan fingerprint density at radius 3 is 1.78 bits per heavy atom. The molecule has 0 bridgehead atoms. The van der Waals surface area contributed by atoms with Crippen molar-refractivity contribution in [3.8, 4) is 56.4 Å². The van der Waals surface area contributed by atoms with Crippen LogP contribution in [0.4, 0.5) is 0 Å². The average Bonchev–Trinajstić information content (AvgIpc) is 3.50. The summed E-state index contributed by atoms with van der Waals surface area (Å²) in [6, 6.07) is 44.4. The molecule has 9 rings (SSSR count). The van der Waals surface area contributed by atoms with E-state index in [1.165, 1.54) is 33.0 Å². The zero-order valence-electron chi connectivity index (χ0n) is 27.8. The van der Waals surface area contributed by atoms with Crippen LogP contribution in [0.5, 0.6) is 0 Å². The Hall–Kier alpha value is -6.14. The molecule has 2 aromatic heterocycles. The lowest BCUT2D eigenvalue weighted by Gasteiger charge is -2.22. The van der Waals surface area contributed by atoms with E-state index < -0.39 is 0 Å². The molecule has 6 nitrogen and oxygen atoms in total. The van der Waals surface area contributed by atoms with E-state index in [1.807, 2.05) is 55.6 Å². The molecule has 0 saturated heterocycles. The Morgan fingerprint density at radius 1 is 0.469 bits per heavy atom. The van der Waals surface area contributed by atoms with Crippen molar-refractivity contribution in [2.75, 3.05) is 0 Å². The Balaban J connectivity index is 1.18. The number of benzene rings is 6. The molecule has 0 N–H and O–H groups in total. The predicted molar refractivity (Wildman–Crippen MR) is 198 cm³/mol. The molecule has 0 aliphatic heterocycles. The van der Waals surface area contributed by atoms with Crippen molar-refractivity contribution in [3.63, 3.8) is 0 Å². The molecule has 236 valence electrons. The van der Waals surface area contributed by atoms with Crippen LogP contribution in [-0.4, -0.2) is 24.1 Å². The molecule has 0 amide bonds. The second-order valence-electron chi connectivity index (χ2n) is 13.5. The standard InChI is InChI=1S/C43H33N5O/c1-43(2)35-24-32(17-19-33(35)34-22-28-13-8-9-14-29(28)23-36(34)43)41-45-39(26-11-6-5-7-12-26)44-40(46-41)31-16-10-15-27(21-31)30-18-20-37-38(25-30)48(4)42(49)47(37)3/h5-25H,1-4H3. The Labute approximate surface area is 284 Å². The third-order valence-corrected chi connectivity index (χ3v) is 10.2. The highest BCUT2D eigenvalue weighted by molar-refractivity contribution is 5.94. The van der Waals surface area contributed by atoms with Crippen LogP contribution in [0.1, 0.15) is 25.0 Å². The molecule has 0 unspecified atom stereocenters. The van der Waals surface area contributed by atoms with Gasteiger partial charge in [-0.1, -0.05) is 105 Å². The van der Waals surface area contributed by atoms with Crippen LogP contribution in [0.25, 0.3) is 78.2 Å². The largest absolute Gasteiger partial charge is 0.328 e. The molecular formula is C43H33N5O. The molecule has 6 heteroatoms. The second-order valence-corrected chi connectivity index (χ2v) is 13.5. The topological polar surface area (TPSA) is 65.6 Å². The molecule has 8 aromatic rings. The van der Waals surface area contributed by atoms with Gasteiger partial charge < -0.3 is 0 Å². The molecule has 6 aromatic carbocycles. The SMILES string of the molecule is Cn1c(=O)n(C)c2cc(-c3cccc(-c4nc(-c5ccccc5)nc(-c5ccc6c(c5)C(C)(C)c5cc7ccccc7cc5-6)n4)c3)ccc21. The number of aromatic nitrogens is 5. The molecule has 2 heterocycles. The zero-order valence-corrected chi connectivity index (χ0v) is 27.8. The van der Waals surface area contributed by atoms with Gasteiger partial charge in [0.05, 0.1) is 11.0 Å². The van der Waals surface area contributed by atoms with Crippen molar-refractivity contribution in [2.45, 2.75) is 19.3 Å². The first kappa shape index (κ1) is 29.0. The van der Waals surface area contributed by atoms with Gasteiger partial charge in [-0.15, -0.1) is 0 Å². The van der Waals surface area contributed by atoms with Crippen LogP contribution in [0.2, 0.25) is 0 Å². The van der Waals surface area contributed by atoms with Gasteiger partial charge in [-0.05, 0) is 80.6 Å². The monoisotopic (exact) mass is 635 g/mol. The number of rotatable bonds is 4. The van der Waals surface area contributed by atoms with E-state index in [0.717, 1.165) is 38.9 Å². The fourth-order valence-electron chi connectivity index (χ4n) is 7.44. The Morgan fingerprint density at radius 2 is 1.02 bits per heavy atom. The summed E-state index contributed by atoms with van der Waals surface area (Å²) in [4.78, 5) is 27.7. The molecule has 1 aliphatic rings. The first-order chi connectivity index (χ1) is 23.8. The van der Waals surface area contributed by atoms with Crippen LogP contribution in [0, 0.1) is 0 Å². The lowest BCUT2D eigenvalue weighted by Crippen LogP contribution is -2.19. The minimum Gasteiger partial charge on any atom is -0.295 e. The molecule has 0 fully saturated rings. The normalized spacial score (nSPS) is 13.1. The van der Waals surface area contributed by atoms with Crippen molar-refractivity contribution in [1.29, 1.82) is 0 Å². The summed E-state index contributed by atoms with van der Waals surface area (Å²) in [7, 11) is 3.61.